The van der Waals surface area contributed by atoms with Crippen molar-refractivity contribution in [2.45, 2.75) is 6.42 Å². The standard InChI is InChI=1S/C17H14FN3O2/c18-14-8-4-1-5-11(14)9-10-19-17(23)15-12-6-2-3-7-13(12)16(22)21-20-15/h1-8H,9-10H2,(H,19,23)(H,21,22). The molecular weight excluding hydrogens is 297 g/mol. The molecule has 0 aliphatic heterocycles. The van der Waals surface area contributed by atoms with Crippen LogP contribution in [0.1, 0.15) is 16.1 Å². The Morgan fingerprint density at radius 1 is 1.09 bits per heavy atom. The summed E-state index contributed by atoms with van der Waals surface area (Å²) in [5.74, 6) is -0.705. The van der Waals surface area contributed by atoms with Crippen LogP contribution in [0.5, 0.6) is 0 Å². The maximum Gasteiger partial charge on any atom is 0.272 e. The molecule has 1 heterocycles. The van der Waals surface area contributed by atoms with Crippen LogP contribution >= 0.6 is 0 Å². The van der Waals surface area contributed by atoms with Gasteiger partial charge in [0.2, 0.25) is 0 Å². The molecule has 0 aliphatic rings. The van der Waals surface area contributed by atoms with Crippen LogP contribution in [0.15, 0.2) is 53.3 Å². The highest BCUT2D eigenvalue weighted by molar-refractivity contribution is 6.04. The molecule has 0 aliphatic carbocycles. The molecule has 5 nitrogen and oxygen atoms in total. The van der Waals surface area contributed by atoms with Crippen molar-refractivity contribution in [3.8, 4) is 0 Å². The third-order valence-corrected chi connectivity index (χ3v) is 3.55. The number of amides is 1. The van der Waals surface area contributed by atoms with Crippen LogP contribution in [-0.4, -0.2) is 22.6 Å². The Morgan fingerprint density at radius 2 is 1.78 bits per heavy atom. The third-order valence-electron chi connectivity index (χ3n) is 3.55. The molecule has 3 rings (SSSR count). The Hall–Kier alpha value is -3.02. The molecule has 0 unspecified atom stereocenters. The first-order chi connectivity index (χ1) is 11.2. The number of H-pyrrole nitrogens is 1. The van der Waals surface area contributed by atoms with Gasteiger partial charge in [-0.05, 0) is 24.1 Å². The lowest BCUT2D eigenvalue weighted by molar-refractivity contribution is 0.0950. The largest absolute Gasteiger partial charge is 0.350 e. The second-order valence-corrected chi connectivity index (χ2v) is 5.04. The number of aromatic nitrogens is 2. The Labute approximate surface area is 131 Å². The van der Waals surface area contributed by atoms with Crippen molar-refractivity contribution in [1.82, 2.24) is 15.5 Å². The van der Waals surface area contributed by atoms with Crippen LogP contribution in [0.25, 0.3) is 10.8 Å². The van der Waals surface area contributed by atoms with Crippen LogP contribution in [-0.2, 0) is 6.42 Å². The Bertz CT molecular complexity index is 921. The van der Waals surface area contributed by atoms with E-state index in [2.05, 4.69) is 15.5 Å². The fourth-order valence-electron chi connectivity index (χ4n) is 2.38. The molecule has 0 saturated heterocycles. The van der Waals surface area contributed by atoms with E-state index in [0.717, 1.165) is 0 Å². The normalized spacial score (nSPS) is 10.7. The van der Waals surface area contributed by atoms with Gasteiger partial charge in [-0.2, -0.15) is 5.10 Å². The fraction of sp³-hybridized carbons (Fsp3) is 0.118. The van der Waals surface area contributed by atoms with Crippen LogP contribution in [0, 0.1) is 5.82 Å². The average molecular weight is 311 g/mol. The molecule has 0 atom stereocenters. The lowest BCUT2D eigenvalue weighted by Gasteiger charge is -2.07. The molecule has 0 radical (unpaired) electrons. The first-order valence-corrected chi connectivity index (χ1v) is 7.16. The van der Waals surface area contributed by atoms with Gasteiger partial charge in [0, 0.05) is 11.9 Å². The maximum absolute atomic E-state index is 13.5. The van der Waals surface area contributed by atoms with Gasteiger partial charge in [0.15, 0.2) is 5.69 Å². The molecule has 0 fully saturated rings. The minimum Gasteiger partial charge on any atom is -0.350 e. The predicted molar refractivity (Wildman–Crippen MR) is 84.8 cm³/mol. The number of carbonyl (C=O) groups excluding carboxylic acids is 1. The van der Waals surface area contributed by atoms with E-state index in [1.54, 1.807) is 42.5 Å². The second-order valence-electron chi connectivity index (χ2n) is 5.04. The quantitative estimate of drug-likeness (QED) is 0.774. The van der Waals surface area contributed by atoms with Gasteiger partial charge < -0.3 is 5.32 Å². The van der Waals surface area contributed by atoms with Gasteiger partial charge >= 0.3 is 0 Å². The van der Waals surface area contributed by atoms with Crippen molar-refractivity contribution in [3.05, 3.63) is 76.0 Å². The molecule has 1 amide bonds. The van der Waals surface area contributed by atoms with E-state index in [4.69, 9.17) is 0 Å². The fourth-order valence-corrected chi connectivity index (χ4v) is 2.38. The first kappa shape index (κ1) is 14.9. The smallest absolute Gasteiger partial charge is 0.272 e. The van der Waals surface area contributed by atoms with Crippen molar-refractivity contribution >= 4 is 16.7 Å². The van der Waals surface area contributed by atoms with E-state index >= 15 is 0 Å². The Morgan fingerprint density at radius 3 is 2.57 bits per heavy atom. The van der Waals surface area contributed by atoms with E-state index < -0.39 is 5.91 Å². The number of rotatable bonds is 4. The van der Waals surface area contributed by atoms with Crippen LogP contribution < -0.4 is 10.9 Å². The monoisotopic (exact) mass is 311 g/mol. The Balaban J connectivity index is 1.76. The molecule has 116 valence electrons. The number of aromatic amines is 1. The molecule has 1 aromatic heterocycles. The van der Waals surface area contributed by atoms with Crippen LogP contribution in [0.4, 0.5) is 4.39 Å². The number of carbonyl (C=O) groups is 1. The molecule has 0 saturated carbocycles. The van der Waals surface area contributed by atoms with Crippen LogP contribution in [0.3, 0.4) is 0 Å². The molecule has 23 heavy (non-hydrogen) atoms. The summed E-state index contributed by atoms with van der Waals surface area (Å²) in [5.41, 5.74) is 0.337. The molecule has 2 aromatic carbocycles. The summed E-state index contributed by atoms with van der Waals surface area (Å²) in [6.07, 6.45) is 0.375. The van der Waals surface area contributed by atoms with E-state index in [1.807, 2.05) is 0 Å². The number of benzene rings is 2. The SMILES string of the molecule is O=C(NCCc1ccccc1F)c1n[nH]c(=O)c2ccccc12. The highest BCUT2D eigenvalue weighted by Crippen LogP contribution is 2.12. The molecule has 3 aromatic rings. The number of hydrogen-bond donors (Lipinski definition) is 2. The van der Waals surface area contributed by atoms with Gasteiger partial charge in [-0.25, -0.2) is 9.49 Å². The average Bonchev–Trinajstić information content (AvgIpc) is 2.57. The number of nitrogens with zero attached hydrogens (tertiary/aromatic N) is 1. The predicted octanol–water partition coefficient (Wildman–Crippen LogP) is 2.03. The molecule has 0 bridgehead atoms. The zero-order valence-corrected chi connectivity index (χ0v) is 12.2. The lowest BCUT2D eigenvalue weighted by Crippen LogP contribution is -2.28. The number of hydrogen-bond acceptors (Lipinski definition) is 3. The summed E-state index contributed by atoms with van der Waals surface area (Å²) >= 11 is 0. The van der Waals surface area contributed by atoms with Crippen molar-refractivity contribution in [2.75, 3.05) is 6.54 Å². The summed E-state index contributed by atoms with van der Waals surface area (Å²) in [4.78, 5) is 24.0. The van der Waals surface area contributed by atoms with Crippen molar-refractivity contribution in [3.63, 3.8) is 0 Å². The summed E-state index contributed by atoms with van der Waals surface area (Å²) in [6.45, 7) is 0.273. The molecule has 0 spiro atoms. The summed E-state index contributed by atoms with van der Waals surface area (Å²) in [6, 6.07) is 13.2. The van der Waals surface area contributed by atoms with Crippen molar-refractivity contribution < 1.29 is 9.18 Å². The zero-order chi connectivity index (χ0) is 16.2. The number of halogens is 1. The van der Waals surface area contributed by atoms with Crippen molar-refractivity contribution in [2.24, 2.45) is 0 Å². The van der Waals surface area contributed by atoms with Gasteiger partial charge in [0.05, 0.1) is 5.39 Å². The highest BCUT2D eigenvalue weighted by atomic mass is 19.1. The van der Waals surface area contributed by atoms with E-state index in [9.17, 15) is 14.0 Å². The van der Waals surface area contributed by atoms with E-state index in [0.29, 0.717) is 22.8 Å². The third kappa shape index (κ3) is 3.11. The number of nitrogens with one attached hydrogen (secondary N) is 2. The minimum atomic E-state index is -0.409. The second kappa shape index (κ2) is 6.39. The summed E-state index contributed by atoms with van der Waals surface area (Å²) < 4.78 is 13.5. The zero-order valence-electron chi connectivity index (χ0n) is 12.2. The minimum absolute atomic E-state index is 0.147. The van der Waals surface area contributed by atoms with E-state index in [1.165, 1.54) is 6.07 Å². The first-order valence-electron chi connectivity index (χ1n) is 7.16. The van der Waals surface area contributed by atoms with Crippen LogP contribution in [0.2, 0.25) is 0 Å². The molecule has 6 heteroatoms. The Kier molecular flexibility index (Phi) is 4.14. The van der Waals surface area contributed by atoms with Crippen molar-refractivity contribution in [1.29, 1.82) is 0 Å². The van der Waals surface area contributed by atoms with Gasteiger partial charge in [0.25, 0.3) is 11.5 Å². The molecule has 2 N–H and O–H groups in total. The van der Waals surface area contributed by atoms with Gasteiger partial charge in [-0.3, -0.25) is 9.59 Å². The summed E-state index contributed by atoms with van der Waals surface area (Å²) in [5, 5.41) is 9.73. The lowest BCUT2D eigenvalue weighted by atomic mass is 10.1. The maximum atomic E-state index is 13.5. The summed E-state index contributed by atoms with van der Waals surface area (Å²) in [7, 11) is 0. The van der Waals surface area contributed by atoms with E-state index in [-0.39, 0.29) is 23.6 Å². The van der Waals surface area contributed by atoms with Gasteiger partial charge in [-0.1, -0.05) is 36.4 Å². The highest BCUT2D eigenvalue weighted by Gasteiger charge is 2.13. The van der Waals surface area contributed by atoms with Gasteiger partial charge in [0.1, 0.15) is 5.82 Å². The molecular formula is C17H14FN3O2. The topological polar surface area (TPSA) is 74.8 Å². The van der Waals surface area contributed by atoms with Gasteiger partial charge in [-0.15, -0.1) is 0 Å². The number of fused-ring (bicyclic) bond motifs is 1.